The Morgan fingerprint density at radius 1 is 0.833 bits per heavy atom. The first-order valence-corrected chi connectivity index (χ1v) is 5.66. The highest BCUT2D eigenvalue weighted by Gasteiger charge is 2.31. The molecule has 0 aliphatic heterocycles. The van der Waals surface area contributed by atoms with Gasteiger partial charge in [-0.3, -0.25) is 0 Å². The lowest BCUT2D eigenvalue weighted by Crippen LogP contribution is -2.26. The van der Waals surface area contributed by atoms with Gasteiger partial charge in [0.2, 0.25) is 0 Å². The molecule has 0 amide bonds. The van der Waals surface area contributed by atoms with Crippen LogP contribution >= 0.6 is 0 Å². The van der Waals surface area contributed by atoms with Crippen molar-refractivity contribution in [3.63, 3.8) is 0 Å². The third kappa shape index (κ3) is 1.84. The molecule has 0 saturated heterocycles. The molecule has 3 rings (SSSR count). The highest BCUT2D eigenvalue weighted by atomic mass is 14.4. The zero-order chi connectivity index (χ0) is 8.60. The molecule has 2 bridgehead atoms. The first-order chi connectivity index (χ1) is 5.66. The Morgan fingerprint density at radius 3 is 2.08 bits per heavy atom. The Kier molecular flexibility index (Phi) is 2.18. The molecular formula is C12H22. The zero-order valence-electron chi connectivity index (χ0n) is 8.60. The summed E-state index contributed by atoms with van der Waals surface area (Å²) in [5.74, 6) is 2.18. The molecular weight excluding hydrogens is 144 g/mol. The summed E-state index contributed by atoms with van der Waals surface area (Å²) in [7, 11) is 0. The second-order valence-electron chi connectivity index (χ2n) is 5.79. The normalized spacial score (nSPS) is 40.5. The molecule has 0 atom stereocenters. The van der Waals surface area contributed by atoms with Gasteiger partial charge in [-0.25, -0.2) is 0 Å². The van der Waals surface area contributed by atoms with Gasteiger partial charge in [-0.05, 0) is 36.5 Å². The summed E-state index contributed by atoms with van der Waals surface area (Å²) < 4.78 is 0. The number of fused-ring (bicyclic) bond motifs is 5. The maximum absolute atomic E-state index is 2.47. The van der Waals surface area contributed by atoms with Gasteiger partial charge in [-0.2, -0.15) is 0 Å². The minimum Gasteiger partial charge on any atom is -0.0599 e. The molecule has 0 heteroatoms. The van der Waals surface area contributed by atoms with Gasteiger partial charge in [-0.15, -0.1) is 0 Å². The second-order valence-corrected chi connectivity index (χ2v) is 5.79. The molecule has 12 heavy (non-hydrogen) atoms. The van der Waals surface area contributed by atoms with Crippen molar-refractivity contribution in [1.82, 2.24) is 0 Å². The second kappa shape index (κ2) is 3.05. The van der Waals surface area contributed by atoms with E-state index in [0.717, 1.165) is 11.8 Å². The Balaban J connectivity index is 2.04. The van der Waals surface area contributed by atoms with Crippen LogP contribution in [0.1, 0.15) is 58.8 Å². The van der Waals surface area contributed by atoms with Crippen molar-refractivity contribution in [3.05, 3.63) is 0 Å². The highest BCUT2D eigenvalue weighted by molar-refractivity contribution is 4.83. The van der Waals surface area contributed by atoms with Crippen LogP contribution in [0, 0.1) is 17.3 Å². The van der Waals surface area contributed by atoms with Crippen molar-refractivity contribution in [3.8, 4) is 0 Å². The van der Waals surface area contributed by atoms with E-state index in [4.69, 9.17) is 0 Å². The maximum atomic E-state index is 2.47. The lowest BCUT2D eigenvalue weighted by molar-refractivity contribution is 0.129. The Bertz CT molecular complexity index is 149. The summed E-state index contributed by atoms with van der Waals surface area (Å²) in [6, 6.07) is 0. The van der Waals surface area contributed by atoms with Crippen LogP contribution in [0.2, 0.25) is 0 Å². The van der Waals surface area contributed by atoms with E-state index < -0.39 is 0 Å². The summed E-state index contributed by atoms with van der Waals surface area (Å²) in [6.07, 6.45) is 10.7. The number of hydrogen-bond acceptors (Lipinski definition) is 0. The molecule has 0 radical (unpaired) electrons. The molecule has 70 valence electrons. The van der Waals surface area contributed by atoms with Crippen LogP contribution in [0.15, 0.2) is 0 Å². The Hall–Kier alpha value is 0. The number of rotatable bonds is 0. The molecule has 0 unspecified atom stereocenters. The molecule has 0 N–H and O–H groups in total. The highest BCUT2D eigenvalue weighted by Crippen LogP contribution is 2.44. The van der Waals surface area contributed by atoms with Gasteiger partial charge in [0.25, 0.3) is 0 Å². The van der Waals surface area contributed by atoms with E-state index in [0.29, 0.717) is 5.41 Å². The minimum absolute atomic E-state index is 0.657. The SMILES string of the molecule is CC1(C)CCC2CCC(CC2)C1. The van der Waals surface area contributed by atoms with Crippen molar-refractivity contribution in [1.29, 1.82) is 0 Å². The lowest BCUT2D eigenvalue weighted by Gasteiger charge is -2.39. The van der Waals surface area contributed by atoms with Gasteiger partial charge in [0.15, 0.2) is 0 Å². The monoisotopic (exact) mass is 166 g/mol. The summed E-state index contributed by atoms with van der Waals surface area (Å²) in [4.78, 5) is 0. The van der Waals surface area contributed by atoms with Crippen molar-refractivity contribution < 1.29 is 0 Å². The van der Waals surface area contributed by atoms with E-state index in [1.807, 2.05) is 0 Å². The van der Waals surface area contributed by atoms with Crippen molar-refractivity contribution in [2.45, 2.75) is 58.8 Å². The van der Waals surface area contributed by atoms with Gasteiger partial charge < -0.3 is 0 Å². The Morgan fingerprint density at radius 2 is 1.42 bits per heavy atom. The van der Waals surface area contributed by atoms with Crippen molar-refractivity contribution in [2.24, 2.45) is 17.3 Å². The summed E-state index contributed by atoms with van der Waals surface area (Å²) >= 11 is 0. The molecule has 0 spiro atoms. The molecule has 0 aromatic rings. The zero-order valence-corrected chi connectivity index (χ0v) is 8.60. The minimum atomic E-state index is 0.657. The average Bonchev–Trinajstić information content (AvgIpc) is 1.99. The molecule has 3 fully saturated rings. The smallest absolute Gasteiger partial charge is 0.0351 e. The third-order valence-corrected chi connectivity index (χ3v) is 4.04. The molecule has 0 aromatic heterocycles. The van der Waals surface area contributed by atoms with Crippen LogP contribution in [-0.2, 0) is 0 Å². The number of hydrogen-bond donors (Lipinski definition) is 0. The van der Waals surface area contributed by atoms with Crippen LogP contribution < -0.4 is 0 Å². The first kappa shape index (κ1) is 8.59. The predicted octanol–water partition coefficient (Wildman–Crippen LogP) is 4.00. The quantitative estimate of drug-likeness (QED) is 0.510. The fourth-order valence-electron chi connectivity index (χ4n) is 3.20. The molecule has 3 aliphatic rings. The van der Waals surface area contributed by atoms with Crippen LogP contribution in [0.3, 0.4) is 0 Å². The van der Waals surface area contributed by atoms with E-state index in [9.17, 15) is 0 Å². The van der Waals surface area contributed by atoms with Gasteiger partial charge >= 0.3 is 0 Å². The fourth-order valence-corrected chi connectivity index (χ4v) is 3.20. The maximum Gasteiger partial charge on any atom is -0.0351 e. The summed E-state index contributed by atoms with van der Waals surface area (Å²) in [6.45, 7) is 4.93. The van der Waals surface area contributed by atoms with E-state index in [1.165, 1.54) is 32.1 Å². The molecule has 0 aromatic carbocycles. The van der Waals surface area contributed by atoms with Crippen LogP contribution in [0.5, 0.6) is 0 Å². The topological polar surface area (TPSA) is 0 Å². The van der Waals surface area contributed by atoms with Crippen molar-refractivity contribution in [2.75, 3.05) is 0 Å². The molecule has 0 heterocycles. The van der Waals surface area contributed by atoms with E-state index >= 15 is 0 Å². The first-order valence-electron chi connectivity index (χ1n) is 5.66. The summed E-state index contributed by atoms with van der Waals surface area (Å²) in [5.41, 5.74) is 0.657. The van der Waals surface area contributed by atoms with Crippen molar-refractivity contribution >= 4 is 0 Å². The van der Waals surface area contributed by atoms with Gasteiger partial charge in [-0.1, -0.05) is 39.5 Å². The van der Waals surface area contributed by atoms with E-state index in [-0.39, 0.29) is 0 Å². The van der Waals surface area contributed by atoms with Gasteiger partial charge in [0.1, 0.15) is 0 Å². The van der Waals surface area contributed by atoms with Crippen LogP contribution in [-0.4, -0.2) is 0 Å². The van der Waals surface area contributed by atoms with Gasteiger partial charge in [0.05, 0.1) is 0 Å². The van der Waals surface area contributed by atoms with E-state index in [2.05, 4.69) is 13.8 Å². The predicted molar refractivity (Wildman–Crippen MR) is 53.1 cm³/mol. The molecule has 0 nitrogen and oxygen atoms in total. The molecule has 3 aliphatic carbocycles. The molecule has 3 saturated carbocycles. The lowest BCUT2D eigenvalue weighted by atomic mass is 9.67. The fraction of sp³-hybridized carbons (Fsp3) is 1.00. The average molecular weight is 166 g/mol. The third-order valence-electron chi connectivity index (χ3n) is 4.04. The standard InChI is InChI=1S/C12H22/c1-12(2)8-7-10-3-5-11(9-12)6-4-10/h10-11H,3-9H2,1-2H3. The van der Waals surface area contributed by atoms with Gasteiger partial charge in [0, 0.05) is 0 Å². The largest absolute Gasteiger partial charge is 0.0599 e. The van der Waals surface area contributed by atoms with Crippen LogP contribution in [0.25, 0.3) is 0 Å². The summed E-state index contributed by atoms with van der Waals surface area (Å²) in [5, 5.41) is 0. The van der Waals surface area contributed by atoms with Crippen LogP contribution in [0.4, 0.5) is 0 Å². The Labute approximate surface area is 76.7 Å². The van der Waals surface area contributed by atoms with E-state index in [1.54, 1.807) is 12.8 Å².